The van der Waals surface area contributed by atoms with E-state index >= 15 is 0 Å². The molecular weight excluding hydrogens is 212 g/mol. The first-order valence-corrected chi connectivity index (χ1v) is 5.92. The number of hydrogen-bond donors (Lipinski definition) is 1. The lowest BCUT2D eigenvalue weighted by Crippen LogP contribution is -2.10. The smallest absolute Gasteiger partial charge is 0.223 e. The molecule has 1 aliphatic carbocycles. The number of rotatable bonds is 2. The fourth-order valence-electron chi connectivity index (χ4n) is 2.17. The van der Waals surface area contributed by atoms with Crippen LogP contribution >= 0.6 is 0 Å². The zero-order valence-corrected chi connectivity index (χ0v) is 9.77. The Bertz CT molecular complexity index is 551. The highest BCUT2D eigenvalue weighted by Crippen LogP contribution is 2.30. The fourth-order valence-corrected chi connectivity index (χ4v) is 2.17. The summed E-state index contributed by atoms with van der Waals surface area (Å²) in [4.78, 5) is 13.3. The van der Waals surface area contributed by atoms with Gasteiger partial charge in [0.15, 0.2) is 0 Å². The van der Waals surface area contributed by atoms with Gasteiger partial charge in [-0.25, -0.2) is 9.97 Å². The Balaban J connectivity index is 2.12. The SMILES string of the molecule is CCNc1ncc2c(n1)-c1cccnc1CC2. The van der Waals surface area contributed by atoms with Gasteiger partial charge in [0, 0.05) is 24.5 Å². The predicted molar refractivity (Wildman–Crippen MR) is 66.8 cm³/mol. The molecule has 86 valence electrons. The molecule has 0 spiro atoms. The highest BCUT2D eigenvalue weighted by Gasteiger charge is 2.18. The molecule has 0 saturated heterocycles. The summed E-state index contributed by atoms with van der Waals surface area (Å²) >= 11 is 0. The molecular formula is C13H14N4. The molecule has 0 radical (unpaired) electrons. The third-order valence-electron chi connectivity index (χ3n) is 2.98. The molecule has 0 saturated carbocycles. The van der Waals surface area contributed by atoms with Gasteiger partial charge in [0.1, 0.15) is 0 Å². The van der Waals surface area contributed by atoms with Gasteiger partial charge in [0.2, 0.25) is 5.95 Å². The Morgan fingerprint density at radius 1 is 1.29 bits per heavy atom. The van der Waals surface area contributed by atoms with Gasteiger partial charge in [0.25, 0.3) is 0 Å². The second-order valence-corrected chi connectivity index (χ2v) is 4.10. The van der Waals surface area contributed by atoms with Gasteiger partial charge >= 0.3 is 0 Å². The monoisotopic (exact) mass is 226 g/mol. The Morgan fingerprint density at radius 2 is 2.24 bits per heavy atom. The minimum Gasteiger partial charge on any atom is -0.354 e. The second-order valence-electron chi connectivity index (χ2n) is 4.10. The molecule has 4 nitrogen and oxygen atoms in total. The third kappa shape index (κ3) is 1.75. The van der Waals surface area contributed by atoms with E-state index in [-0.39, 0.29) is 0 Å². The standard InChI is InChI=1S/C13H14N4/c1-2-14-13-16-8-9-5-6-11-10(12(9)17-13)4-3-7-15-11/h3-4,7-8H,2,5-6H2,1H3,(H,14,16,17). The Morgan fingerprint density at radius 3 is 3.12 bits per heavy atom. The summed E-state index contributed by atoms with van der Waals surface area (Å²) in [6.45, 7) is 2.87. The molecule has 1 N–H and O–H groups in total. The van der Waals surface area contributed by atoms with Gasteiger partial charge in [-0.05, 0) is 37.5 Å². The molecule has 0 bridgehead atoms. The fraction of sp³-hybridized carbons (Fsp3) is 0.308. The van der Waals surface area contributed by atoms with Gasteiger partial charge in [-0.3, -0.25) is 4.98 Å². The van der Waals surface area contributed by atoms with Crippen LogP contribution in [0.4, 0.5) is 5.95 Å². The highest BCUT2D eigenvalue weighted by molar-refractivity contribution is 5.68. The zero-order valence-electron chi connectivity index (χ0n) is 9.77. The molecule has 0 aromatic carbocycles. The van der Waals surface area contributed by atoms with Crippen molar-refractivity contribution in [2.24, 2.45) is 0 Å². The lowest BCUT2D eigenvalue weighted by atomic mass is 9.94. The molecule has 17 heavy (non-hydrogen) atoms. The quantitative estimate of drug-likeness (QED) is 0.851. The summed E-state index contributed by atoms with van der Waals surface area (Å²) < 4.78 is 0. The normalized spacial score (nSPS) is 12.8. The topological polar surface area (TPSA) is 50.7 Å². The number of nitrogens with zero attached hydrogens (tertiary/aromatic N) is 3. The first kappa shape index (κ1) is 10.2. The maximum absolute atomic E-state index is 4.58. The molecule has 0 unspecified atom stereocenters. The van der Waals surface area contributed by atoms with E-state index in [2.05, 4.69) is 26.3 Å². The van der Waals surface area contributed by atoms with Crippen molar-refractivity contribution in [2.75, 3.05) is 11.9 Å². The van der Waals surface area contributed by atoms with Crippen LogP contribution in [0.1, 0.15) is 18.2 Å². The maximum atomic E-state index is 4.58. The van der Waals surface area contributed by atoms with Crippen LogP contribution in [-0.4, -0.2) is 21.5 Å². The van der Waals surface area contributed by atoms with Crippen molar-refractivity contribution in [2.45, 2.75) is 19.8 Å². The van der Waals surface area contributed by atoms with Crippen molar-refractivity contribution in [1.29, 1.82) is 0 Å². The minimum absolute atomic E-state index is 0.697. The lowest BCUT2D eigenvalue weighted by molar-refractivity contribution is 0.873. The van der Waals surface area contributed by atoms with Crippen LogP contribution < -0.4 is 5.32 Å². The molecule has 4 heteroatoms. The van der Waals surface area contributed by atoms with Gasteiger partial charge in [-0.2, -0.15) is 0 Å². The maximum Gasteiger partial charge on any atom is 0.223 e. The van der Waals surface area contributed by atoms with Crippen LogP contribution in [0.2, 0.25) is 0 Å². The number of aromatic nitrogens is 3. The van der Waals surface area contributed by atoms with Gasteiger partial charge in [0.05, 0.1) is 11.4 Å². The number of anilines is 1. The number of nitrogens with one attached hydrogen (secondary N) is 1. The first-order chi connectivity index (χ1) is 8.38. The van der Waals surface area contributed by atoms with Gasteiger partial charge in [-0.15, -0.1) is 0 Å². The van der Waals surface area contributed by atoms with E-state index in [0.29, 0.717) is 5.95 Å². The summed E-state index contributed by atoms with van der Waals surface area (Å²) in [7, 11) is 0. The summed E-state index contributed by atoms with van der Waals surface area (Å²) in [6, 6.07) is 4.05. The molecule has 3 rings (SSSR count). The highest BCUT2D eigenvalue weighted by atomic mass is 15.1. The van der Waals surface area contributed by atoms with Gasteiger partial charge in [-0.1, -0.05) is 0 Å². The third-order valence-corrected chi connectivity index (χ3v) is 2.98. The molecule has 0 amide bonds. The van der Waals surface area contributed by atoms with Crippen molar-refractivity contribution < 1.29 is 0 Å². The van der Waals surface area contributed by atoms with E-state index in [1.54, 1.807) is 0 Å². The van der Waals surface area contributed by atoms with E-state index in [1.807, 2.05) is 25.4 Å². The molecule has 0 fully saturated rings. The Kier molecular flexibility index (Phi) is 2.48. The van der Waals surface area contributed by atoms with Crippen LogP contribution in [0, 0.1) is 0 Å². The molecule has 0 aliphatic heterocycles. The number of pyridine rings is 1. The van der Waals surface area contributed by atoms with E-state index in [4.69, 9.17) is 0 Å². The Labute approximate surface area is 100 Å². The number of aryl methyl sites for hydroxylation is 2. The van der Waals surface area contributed by atoms with Crippen molar-refractivity contribution in [3.63, 3.8) is 0 Å². The summed E-state index contributed by atoms with van der Waals surface area (Å²) in [6.07, 6.45) is 5.73. The predicted octanol–water partition coefficient (Wildman–Crippen LogP) is 2.07. The van der Waals surface area contributed by atoms with Crippen molar-refractivity contribution in [3.8, 4) is 11.3 Å². The van der Waals surface area contributed by atoms with Crippen LogP contribution in [0.3, 0.4) is 0 Å². The number of fused-ring (bicyclic) bond motifs is 3. The molecule has 1 aliphatic rings. The lowest BCUT2D eigenvalue weighted by Gasteiger charge is -2.17. The summed E-state index contributed by atoms with van der Waals surface area (Å²) in [5.74, 6) is 0.697. The molecule has 2 aromatic heterocycles. The molecule has 2 heterocycles. The van der Waals surface area contributed by atoms with Crippen molar-refractivity contribution >= 4 is 5.95 Å². The van der Waals surface area contributed by atoms with Crippen molar-refractivity contribution in [1.82, 2.24) is 15.0 Å². The largest absolute Gasteiger partial charge is 0.354 e. The van der Waals surface area contributed by atoms with E-state index < -0.39 is 0 Å². The average molecular weight is 226 g/mol. The van der Waals surface area contributed by atoms with E-state index in [0.717, 1.165) is 36.3 Å². The molecule has 0 atom stereocenters. The van der Waals surface area contributed by atoms with Crippen molar-refractivity contribution in [3.05, 3.63) is 35.8 Å². The Hall–Kier alpha value is -1.97. The number of hydrogen-bond acceptors (Lipinski definition) is 4. The van der Waals surface area contributed by atoms with Crippen LogP contribution in [0.15, 0.2) is 24.5 Å². The summed E-state index contributed by atoms with van der Waals surface area (Å²) in [5.41, 5.74) is 4.54. The van der Waals surface area contributed by atoms with Crippen LogP contribution in [0.25, 0.3) is 11.3 Å². The van der Waals surface area contributed by atoms with E-state index in [9.17, 15) is 0 Å². The first-order valence-electron chi connectivity index (χ1n) is 5.92. The van der Waals surface area contributed by atoms with Crippen LogP contribution in [-0.2, 0) is 12.8 Å². The average Bonchev–Trinajstić information content (AvgIpc) is 2.39. The van der Waals surface area contributed by atoms with Gasteiger partial charge < -0.3 is 5.32 Å². The minimum atomic E-state index is 0.697. The zero-order chi connectivity index (χ0) is 11.7. The second kappa shape index (κ2) is 4.13. The summed E-state index contributed by atoms with van der Waals surface area (Å²) in [5, 5.41) is 3.15. The van der Waals surface area contributed by atoms with E-state index in [1.165, 1.54) is 5.56 Å². The molecule has 2 aromatic rings. The van der Waals surface area contributed by atoms with Crippen LogP contribution in [0.5, 0.6) is 0 Å².